The number of benzene rings is 2. The van der Waals surface area contributed by atoms with Gasteiger partial charge in [0.15, 0.2) is 0 Å². The number of carbonyl (C=O) groups excluding carboxylic acids is 3. The molecule has 0 N–H and O–H groups in total. The number of ether oxygens (including phenoxy) is 1. The van der Waals surface area contributed by atoms with Crippen LogP contribution in [0.15, 0.2) is 65.6 Å². The zero-order valence-electron chi connectivity index (χ0n) is 18.0. The molecule has 3 aromatic rings. The predicted octanol–water partition coefficient (Wildman–Crippen LogP) is 5.12. The van der Waals surface area contributed by atoms with Crippen LogP contribution in [0.1, 0.15) is 32.9 Å². The summed E-state index contributed by atoms with van der Waals surface area (Å²) in [5.74, 6) is -0.722. The maximum absolute atomic E-state index is 12.9. The van der Waals surface area contributed by atoms with Crippen LogP contribution >= 0.6 is 11.8 Å². The van der Waals surface area contributed by atoms with E-state index in [1.165, 1.54) is 12.0 Å². The summed E-state index contributed by atoms with van der Waals surface area (Å²) in [5, 5.41) is -0.282. The van der Waals surface area contributed by atoms with Gasteiger partial charge in [0.2, 0.25) is 0 Å². The van der Waals surface area contributed by atoms with Crippen molar-refractivity contribution in [1.29, 1.82) is 0 Å². The Labute approximate surface area is 190 Å². The fourth-order valence-electron chi connectivity index (χ4n) is 3.80. The van der Waals surface area contributed by atoms with E-state index in [0.29, 0.717) is 16.2 Å². The van der Waals surface area contributed by atoms with Crippen molar-refractivity contribution in [3.8, 4) is 5.69 Å². The first-order chi connectivity index (χ1) is 15.4. The van der Waals surface area contributed by atoms with Crippen LogP contribution in [0.5, 0.6) is 0 Å². The number of rotatable bonds is 5. The Morgan fingerprint density at radius 2 is 1.72 bits per heavy atom. The Hall–Kier alpha value is -3.58. The highest BCUT2D eigenvalue weighted by Gasteiger charge is 2.35. The molecule has 1 fully saturated rings. The Morgan fingerprint density at radius 3 is 2.44 bits per heavy atom. The summed E-state index contributed by atoms with van der Waals surface area (Å²) in [6.45, 7) is 4.09. The van der Waals surface area contributed by atoms with Crippen molar-refractivity contribution in [2.75, 3.05) is 7.11 Å². The number of aromatic nitrogens is 1. The summed E-state index contributed by atoms with van der Waals surface area (Å²) in [7, 11) is 1.35. The minimum Gasteiger partial charge on any atom is -0.465 e. The summed E-state index contributed by atoms with van der Waals surface area (Å²) >= 11 is 0.942. The summed E-state index contributed by atoms with van der Waals surface area (Å²) in [6.07, 6.45) is 1.75. The largest absolute Gasteiger partial charge is 0.465 e. The number of hydrogen-bond donors (Lipinski definition) is 0. The molecule has 0 radical (unpaired) electrons. The normalized spacial score (nSPS) is 15.0. The minimum atomic E-state index is -0.420. The summed E-state index contributed by atoms with van der Waals surface area (Å²) in [4.78, 5) is 39.3. The highest BCUT2D eigenvalue weighted by molar-refractivity contribution is 8.18. The number of amides is 2. The fraction of sp³-hybridized carbons (Fsp3) is 0.160. The molecule has 1 aliphatic heterocycles. The average molecular weight is 447 g/mol. The third-order valence-electron chi connectivity index (χ3n) is 5.36. The lowest BCUT2D eigenvalue weighted by molar-refractivity contribution is -0.123. The fourth-order valence-corrected chi connectivity index (χ4v) is 4.63. The maximum Gasteiger partial charge on any atom is 0.339 e. The van der Waals surface area contributed by atoms with Gasteiger partial charge >= 0.3 is 5.97 Å². The monoisotopic (exact) mass is 446 g/mol. The first-order valence-corrected chi connectivity index (χ1v) is 10.9. The molecular weight excluding hydrogens is 424 g/mol. The van der Waals surface area contributed by atoms with Gasteiger partial charge in [0, 0.05) is 11.4 Å². The number of esters is 1. The Kier molecular flexibility index (Phi) is 6.01. The van der Waals surface area contributed by atoms with Crippen molar-refractivity contribution in [1.82, 2.24) is 9.47 Å². The van der Waals surface area contributed by atoms with Crippen LogP contribution in [0.4, 0.5) is 4.79 Å². The van der Waals surface area contributed by atoms with Crippen molar-refractivity contribution in [3.63, 3.8) is 0 Å². The lowest BCUT2D eigenvalue weighted by Gasteiger charge is -2.13. The zero-order valence-corrected chi connectivity index (χ0v) is 18.8. The summed E-state index contributed by atoms with van der Waals surface area (Å²) in [5.41, 5.74) is 4.61. The van der Waals surface area contributed by atoms with Crippen molar-refractivity contribution >= 4 is 35.0 Å². The SMILES string of the molecule is COC(=O)c1ccccc1-n1c(C)cc(/C=C2\SC(=O)N(Cc3ccccc3)C2=O)c1C. The molecule has 4 rings (SSSR count). The van der Waals surface area contributed by atoms with Crippen LogP contribution in [0.2, 0.25) is 0 Å². The highest BCUT2D eigenvalue weighted by atomic mass is 32.2. The van der Waals surface area contributed by atoms with Crippen molar-refractivity contribution < 1.29 is 19.1 Å². The van der Waals surface area contributed by atoms with E-state index in [1.54, 1.807) is 18.2 Å². The van der Waals surface area contributed by atoms with Crippen LogP contribution < -0.4 is 0 Å². The highest BCUT2D eigenvalue weighted by Crippen LogP contribution is 2.35. The first kappa shape index (κ1) is 21.6. The number of methoxy groups -OCH3 is 1. The molecule has 0 saturated carbocycles. The van der Waals surface area contributed by atoms with E-state index in [9.17, 15) is 14.4 Å². The molecule has 7 heteroatoms. The van der Waals surface area contributed by atoms with E-state index in [0.717, 1.165) is 34.3 Å². The number of para-hydroxylation sites is 1. The second-order valence-electron chi connectivity index (χ2n) is 7.42. The molecule has 0 spiro atoms. The molecule has 1 aromatic heterocycles. The smallest absolute Gasteiger partial charge is 0.339 e. The molecular formula is C25H22N2O4S. The third kappa shape index (κ3) is 3.99. The van der Waals surface area contributed by atoms with Crippen LogP contribution in [0.3, 0.4) is 0 Å². The number of thioether (sulfide) groups is 1. The van der Waals surface area contributed by atoms with E-state index in [-0.39, 0.29) is 17.7 Å². The molecule has 0 bridgehead atoms. The third-order valence-corrected chi connectivity index (χ3v) is 6.27. The Bertz CT molecular complexity index is 1240. The molecule has 6 nitrogen and oxygen atoms in total. The van der Waals surface area contributed by atoms with Crippen LogP contribution in [-0.2, 0) is 16.1 Å². The van der Waals surface area contributed by atoms with Gasteiger partial charge in [-0.05, 0) is 61.0 Å². The molecule has 0 atom stereocenters. The lowest BCUT2D eigenvalue weighted by atomic mass is 10.1. The second-order valence-corrected chi connectivity index (χ2v) is 8.42. The van der Waals surface area contributed by atoms with Gasteiger partial charge in [-0.15, -0.1) is 0 Å². The summed E-state index contributed by atoms with van der Waals surface area (Å²) < 4.78 is 6.87. The van der Waals surface area contributed by atoms with Crippen molar-refractivity contribution in [3.05, 3.63) is 93.6 Å². The molecule has 2 amide bonds. The van der Waals surface area contributed by atoms with Crippen molar-refractivity contribution in [2.24, 2.45) is 0 Å². The van der Waals surface area contributed by atoms with Gasteiger partial charge in [-0.3, -0.25) is 14.5 Å². The number of carbonyl (C=O) groups is 3. The van der Waals surface area contributed by atoms with E-state index in [1.807, 2.05) is 66.9 Å². The molecule has 2 aromatic carbocycles. The van der Waals surface area contributed by atoms with Crippen LogP contribution in [-0.4, -0.2) is 33.7 Å². The lowest BCUT2D eigenvalue weighted by Crippen LogP contribution is -2.27. The molecule has 1 saturated heterocycles. The standard InChI is InChI=1S/C25H22N2O4S/c1-16-13-19(17(2)27(16)21-12-8-7-11-20(21)24(29)31-3)14-22-23(28)26(25(30)32-22)15-18-9-5-4-6-10-18/h4-14H,15H2,1-3H3/b22-14-. The zero-order chi connectivity index (χ0) is 22.8. The van der Waals surface area contributed by atoms with Gasteiger partial charge in [-0.2, -0.15) is 0 Å². The molecule has 32 heavy (non-hydrogen) atoms. The van der Waals surface area contributed by atoms with E-state index >= 15 is 0 Å². The first-order valence-electron chi connectivity index (χ1n) is 10.1. The molecule has 0 unspecified atom stereocenters. The summed E-state index contributed by atoms with van der Waals surface area (Å²) in [6, 6.07) is 18.6. The van der Waals surface area contributed by atoms with Crippen LogP contribution in [0, 0.1) is 13.8 Å². The van der Waals surface area contributed by atoms with E-state index < -0.39 is 5.97 Å². The van der Waals surface area contributed by atoms with Gasteiger partial charge in [-0.25, -0.2) is 4.79 Å². The number of imide groups is 1. The second kappa shape index (κ2) is 8.88. The topological polar surface area (TPSA) is 68.6 Å². The van der Waals surface area contributed by atoms with Gasteiger partial charge in [0.1, 0.15) is 0 Å². The Balaban J connectivity index is 1.68. The quantitative estimate of drug-likeness (QED) is 0.402. The van der Waals surface area contributed by atoms with Gasteiger partial charge < -0.3 is 9.30 Å². The van der Waals surface area contributed by atoms with Crippen LogP contribution in [0.25, 0.3) is 11.8 Å². The minimum absolute atomic E-state index is 0.244. The van der Waals surface area contributed by atoms with Crippen molar-refractivity contribution in [2.45, 2.75) is 20.4 Å². The molecule has 162 valence electrons. The molecule has 2 heterocycles. The van der Waals surface area contributed by atoms with E-state index in [4.69, 9.17) is 4.74 Å². The maximum atomic E-state index is 12.9. The molecule has 1 aliphatic rings. The Morgan fingerprint density at radius 1 is 1.03 bits per heavy atom. The molecule has 0 aliphatic carbocycles. The van der Waals surface area contributed by atoms with Gasteiger partial charge in [0.05, 0.1) is 29.8 Å². The number of hydrogen-bond acceptors (Lipinski definition) is 5. The van der Waals surface area contributed by atoms with Gasteiger partial charge in [0.25, 0.3) is 11.1 Å². The van der Waals surface area contributed by atoms with E-state index in [2.05, 4.69) is 0 Å². The average Bonchev–Trinajstić information content (AvgIpc) is 3.23. The number of aryl methyl sites for hydroxylation is 1. The predicted molar refractivity (Wildman–Crippen MR) is 125 cm³/mol. The van der Waals surface area contributed by atoms with Gasteiger partial charge in [-0.1, -0.05) is 42.5 Å². The number of nitrogens with zero attached hydrogens (tertiary/aromatic N) is 2.